The van der Waals surface area contributed by atoms with Crippen LogP contribution in [-0.4, -0.2) is 23.3 Å². The van der Waals surface area contributed by atoms with Crippen LogP contribution >= 0.6 is 0 Å². The van der Waals surface area contributed by atoms with Crippen LogP contribution in [0.25, 0.3) is 0 Å². The van der Waals surface area contributed by atoms with Gasteiger partial charge in [0.15, 0.2) is 0 Å². The monoisotopic (exact) mass is 429 g/mol. The van der Waals surface area contributed by atoms with Crippen LogP contribution < -0.4 is 20.7 Å². The van der Waals surface area contributed by atoms with Crippen molar-refractivity contribution in [1.82, 2.24) is 5.32 Å². The molecule has 0 unspecified atom stereocenters. The van der Waals surface area contributed by atoms with E-state index in [1.54, 1.807) is 45.0 Å². The van der Waals surface area contributed by atoms with Crippen LogP contribution in [0.15, 0.2) is 42.5 Å². The smallest absolute Gasteiger partial charge is 0.412 e. The summed E-state index contributed by atoms with van der Waals surface area (Å²) >= 11 is 0. The highest BCUT2D eigenvalue weighted by atomic mass is 19.1. The van der Waals surface area contributed by atoms with E-state index in [2.05, 4.69) is 16.0 Å². The van der Waals surface area contributed by atoms with E-state index in [1.807, 2.05) is 13.8 Å². The zero-order chi connectivity index (χ0) is 22.8. The van der Waals surface area contributed by atoms with Gasteiger partial charge >= 0.3 is 12.1 Å². The van der Waals surface area contributed by atoms with Crippen LogP contribution in [0.3, 0.4) is 0 Å². The maximum atomic E-state index is 13.4. The first kappa shape index (κ1) is 22.4. The highest BCUT2D eigenvalue weighted by molar-refractivity contribution is 5.90. The van der Waals surface area contributed by atoms with Gasteiger partial charge in [0, 0.05) is 23.4 Å². The molecule has 3 rings (SSSR count). The number of carbonyl (C=O) groups excluding carboxylic acids is 2. The molecule has 2 aromatic carbocycles. The lowest BCUT2D eigenvalue weighted by Gasteiger charge is -2.38. The maximum absolute atomic E-state index is 13.4. The number of halogens is 1. The average Bonchev–Trinajstić information content (AvgIpc) is 2.59. The second-order valence-corrected chi connectivity index (χ2v) is 9.11. The molecule has 31 heavy (non-hydrogen) atoms. The normalized spacial score (nSPS) is 17.0. The van der Waals surface area contributed by atoms with E-state index in [1.165, 1.54) is 18.2 Å². The predicted molar refractivity (Wildman–Crippen MR) is 117 cm³/mol. The van der Waals surface area contributed by atoms with Gasteiger partial charge in [0.2, 0.25) is 0 Å². The highest BCUT2D eigenvalue weighted by Crippen LogP contribution is 2.40. The third-order valence-electron chi connectivity index (χ3n) is 4.50. The van der Waals surface area contributed by atoms with Gasteiger partial charge in [0.1, 0.15) is 22.8 Å². The highest BCUT2D eigenvalue weighted by Gasteiger charge is 2.35. The average molecular weight is 429 g/mol. The Balaban J connectivity index is 1.78. The first-order valence-electron chi connectivity index (χ1n) is 10.1. The summed E-state index contributed by atoms with van der Waals surface area (Å²) in [6, 6.07) is 10.0. The molecule has 0 spiro atoms. The Labute approximate surface area is 181 Å². The maximum Gasteiger partial charge on any atom is 0.412 e. The SMILES string of the molecule is CC(C)(C)OC(=O)Nc1ccc2c(c1)[C@@H](NC(=O)Nc1cccc(F)c1)CC(C)(C)O2. The summed E-state index contributed by atoms with van der Waals surface area (Å²) in [7, 11) is 0. The van der Waals surface area contributed by atoms with Crippen molar-refractivity contribution in [2.75, 3.05) is 10.6 Å². The third kappa shape index (κ3) is 6.34. The quantitative estimate of drug-likeness (QED) is 0.593. The van der Waals surface area contributed by atoms with Crippen LogP contribution in [-0.2, 0) is 4.74 Å². The summed E-state index contributed by atoms with van der Waals surface area (Å²) in [6.07, 6.45) is -0.0650. The molecular formula is C23H28FN3O4. The molecule has 0 radical (unpaired) electrons. The number of carbonyl (C=O) groups is 2. The molecular weight excluding hydrogens is 401 g/mol. The van der Waals surface area contributed by atoms with Crippen molar-refractivity contribution in [3.63, 3.8) is 0 Å². The van der Waals surface area contributed by atoms with Crippen molar-refractivity contribution in [3.8, 4) is 5.75 Å². The second-order valence-electron chi connectivity index (χ2n) is 9.11. The summed E-state index contributed by atoms with van der Waals surface area (Å²) in [4.78, 5) is 24.7. The molecule has 3 N–H and O–H groups in total. The van der Waals surface area contributed by atoms with Crippen molar-refractivity contribution in [2.45, 2.75) is 58.3 Å². The van der Waals surface area contributed by atoms with Gasteiger partial charge < -0.3 is 20.1 Å². The fraction of sp³-hybridized carbons (Fsp3) is 0.391. The Hall–Kier alpha value is -3.29. The molecule has 0 bridgehead atoms. The molecule has 1 heterocycles. The molecule has 0 fully saturated rings. The van der Waals surface area contributed by atoms with E-state index in [0.29, 0.717) is 23.5 Å². The Morgan fingerprint density at radius 3 is 2.48 bits per heavy atom. The standard InChI is InChI=1S/C23H28FN3O4/c1-22(2,3)31-21(29)26-16-9-10-19-17(12-16)18(13-23(4,5)30-19)27-20(28)25-15-8-6-7-14(24)11-15/h6-12,18H,13H2,1-5H3,(H,26,29)(H2,25,27,28)/t18-/m0/s1. The molecule has 0 aliphatic carbocycles. The minimum atomic E-state index is -0.621. The first-order chi connectivity index (χ1) is 14.4. The molecule has 166 valence electrons. The number of anilines is 2. The number of amides is 3. The number of rotatable bonds is 3. The van der Waals surface area contributed by atoms with E-state index in [0.717, 1.165) is 5.56 Å². The van der Waals surface area contributed by atoms with E-state index < -0.39 is 29.1 Å². The van der Waals surface area contributed by atoms with Gasteiger partial charge in [-0.3, -0.25) is 5.32 Å². The molecule has 1 aliphatic rings. The number of fused-ring (bicyclic) bond motifs is 1. The van der Waals surface area contributed by atoms with Crippen LogP contribution in [0.5, 0.6) is 5.75 Å². The van der Waals surface area contributed by atoms with Gasteiger partial charge in [-0.05, 0) is 71.0 Å². The van der Waals surface area contributed by atoms with E-state index in [4.69, 9.17) is 9.47 Å². The van der Waals surface area contributed by atoms with Crippen LogP contribution in [0.4, 0.5) is 25.4 Å². The lowest BCUT2D eigenvalue weighted by atomic mass is 9.89. The lowest BCUT2D eigenvalue weighted by molar-refractivity contribution is 0.0631. The van der Waals surface area contributed by atoms with Crippen LogP contribution in [0.2, 0.25) is 0 Å². The number of ether oxygens (including phenoxy) is 2. The van der Waals surface area contributed by atoms with Gasteiger partial charge in [-0.25, -0.2) is 14.0 Å². The minimum Gasteiger partial charge on any atom is -0.487 e. The number of nitrogens with one attached hydrogen (secondary N) is 3. The fourth-order valence-corrected chi connectivity index (χ4v) is 3.37. The third-order valence-corrected chi connectivity index (χ3v) is 4.50. The molecule has 0 saturated carbocycles. The Kier molecular flexibility index (Phi) is 6.10. The Morgan fingerprint density at radius 1 is 1.10 bits per heavy atom. The van der Waals surface area contributed by atoms with Crippen LogP contribution in [0, 0.1) is 5.82 Å². The zero-order valence-electron chi connectivity index (χ0n) is 18.3. The minimum absolute atomic E-state index is 0.351. The predicted octanol–water partition coefficient (Wildman–Crippen LogP) is 5.60. The molecule has 0 aromatic heterocycles. The molecule has 1 atom stereocenters. The fourth-order valence-electron chi connectivity index (χ4n) is 3.37. The summed E-state index contributed by atoms with van der Waals surface area (Å²) in [5.41, 5.74) is 0.467. The van der Waals surface area contributed by atoms with Gasteiger partial charge in [-0.2, -0.15) is 0 Å². The molecule has 0 saturated heterocycles. The molecule has 3 amide bonds. The van der Waals surface area contributed by atoms with Crippen molar-refractivity contribution in [2.24, 2.45) is 0 Å². The van der Waals surface area contributed by atoms with E-state index in [9.17, 15) is 14.0 Å². The van der Waals surface area contributed by atoms with Crippen molar-refractivity contribution >= 4 is 23.5 Å². The number of benzene rings is 2. The van der Waals surface area contributed by atoms with E-state index in [-0.39, 0.29) is 6.04 Å². The molecule has 8 heteroatoms. The topological polar surface area (TPSA) is 88.7 Å². The van der Waals surface area contributed by atoms with Gasteiger partial charge in [0.25, 0.3) is 0 Å². The summed E-state index contributed by atoms with van der Waals surface area (Å²) < 4.78 is 24.7. The first-order valence-corrected chi connectivity index (χ1v) is 10.1. The Bertz CT molecular complexity index is 985. The van der Waals surface area contributed by atoms with Crippen molar-refractivity contribution < 1.29 is 23.5 Å². The van der Waals surface area contributed by atoms with Crippen molar-refractivity contribution in [1.29, 1.82) is 0 Å². The second kappa shape index (κ2) is 8.45. The Morgan fingerprint density at radius 2 is 1.81 bits per heavy atom. The summed E-state index contributed by atoms with van der Waals surface area (Å²) in [5.74, 6) is 0.176. The lowest BCUT2D eigenvalue weighted by Crippen LogP contribution is -2.42. The van der Waals surface area contributed by atoms with Gasteiger partial charge in [-0.15, -0.1) is 0 Å². The van der Waals surface area contributed by atoms with E-state index >= 15 is 0 Å². The zero-order valence-corrected chi connectivity index (χ0v) is 18.3. The summed E-state index contributed by atoms with van der Waals surface area (Å²) in [5, 5.41) is 8.26. The largest absolute Gasteiger partial charge is 0.487 e. The number of hydrogen-bond acceptors (Lipinski definition) is 4. The summed E-state index contributed by atoms with van der Waals surface area (Å²) in [6.45, 7) is 9.22. The molecule has 2 aromatic rings. The van der Waals surface area contributed by atoms with Crippen LogP contribution in [0.1, 0.15) is 52.6 Å². The molecule has 7 nitrogen and oxygen atoms in total. The number of hydrogen-bond donors (Lipinski definition) is 3. The molecule has 1 aliphatic heterocycles. The van der Waals surface area contributed by atoms with Crippen molar-refractivity contribution in [3.05, 3.63) is 53.8 Å². The van der Waals surface area contributed by atoms with Gasteiger partial charge in [-0.1, -0.05) is 6.07 Å². The number of urea groups is 1. The van der Waals surface area contributed by atoms with Gasteiger partial charge in [0.05, 0.1) is 6.04 Å².